The lowest BCUT2D eigenvalue weighted by Crippen LogP contribution is -2.29. The molecule has 1 aromatic carbocycles. The minimum atomic E-state index is -3.85. The number of H-pyrrole nitrogens is 1. The number of benzene rings is 1. The molecular formula is C14H16N4O6S2. The van der Waals surface area contributed by atoms with Gasteiger partial charge in [-0.25, -0.2) is 13.1 Å². The van der Waals surface area contributed by atoms with Gasteiger partial charge in [-0.15, -0.1) is 0 Å². The van der Waals surface area contributed by atoms with Gasteiger partial charge in [0.25, 0.3) is 15.7 Å². The normalized spacial score (nSPS) is 11.3. The maximum absolute atomic E-state index is 12.1. The maximum Gasteiger partial charge on any atom is 0.305 e. The third kappa shape index (κ3) is 4.53. The molecule has 140 valence electrons. The van der Waals surface area contributed by atoms with Crippen molar-refractivity contribution < 1.29 is 18.1 Å². The summed E-state index contributed by atoms with van der Waals surface area (Å²) in [6.45, 7) is 2.79. The van der Waals surface area contributed by atoms with Crippen LogP contribution < -0.4 is 14.9 Å². The van der Waals surface area contributed by atoms with Crippen LogP contribution in [-0.4, -0.2) is 37.2 Å². The van der Waals surface area contributed by atoms with Crippen LogP contribution in [0.25, 0.3) is 0 Å². The van der Waals surface area contributed by atoms with Crippen LogP contribution in [0.3, 0.4) is 0 Å². The van der Waals surface area contributed by atoms with Gasteiger partial charge in [0, 0.05) is 30.4 Å². The molecule has 12 heteroatoms. The van der Waals surface area contributed by atoms with E-state index in [9.17, 15) is 28.1 Å². The molecule has 0 saturated heterocycles. The van der Waals surface area contributed by atoms with E-state index in [0.717, 1.165) is 6.07 Å². The van der Waals surface area contributed by atoms with Gasteiger partial charge in [-0.2, -0.15) is 0 Å². The number of Topliss-reactive ketones (excluding diaryl/α,β-unsaturated/α-hetero) is 1. The number of hydrogen-bond donors (Lipinski definition) is 3. The number of thiazole rings is 1. The monoisotopic (exact) mass is 400 g/mol. The molecular weight excluding hydrogens is 384 g/mol. The van der Waals surface area contributed by atoms with Crippen molar-refractivity contribution in [2.75, 3.05) is 18.4 Å². The topological polar surface area (TPSA) is 151 Å². The molecule has 0 aliphatic carbocycles. The van der Waals surface area contributed by atoms with E-state index in [2.05, 4.69) is 15.0 Å². The minimum absolute atomic E-state index is 0.0561. The number of rotatable bonds is 8. The lowest BCUT2D eigenvalue weighted by molar-refractivity contribution is -0.384. The van der Waals surface area contributed by atoms with Crippen LogP contribution in [0.2, 0.25) is 0 Å². The van der Waals surface area contributed by atoms with Gasteiger partial charge < -0.3 is 10.3 Å². The van der Waals surface area contributed by atoms with Crippen molar-refractivity contribution in [3.63, 3.8) is 0 Å². The molecule has 0 unspecified atom stereocenters. The largest absolute Gasteiger partial charge is 0.378 e. The van der Waals surface area contributed by atoms with E-state index in [1.165, 1.54) is 26.0 Å². The maximum atomic E-state index is 12.1. The molecule has 1 heterocycles. The predicted octanol–water partition coefficient (Wildman–Crippen LogP) is 1.25. The summed E-state index contributed by atoms with van der Waals surface area (Å²) in [6, 6.07) is 4.00. The highest BCUT2D eigenvalue weighted by molar-refractivity contribution is 7.91. The molecule has 0 aliphatic heterocycles. The Labute approximate surface area is 152 Å². The van der Waals surface area contributed by atoms with Crippen LogP contribution in [0.5, 0.6) is 0 Å². The summed E-state index contributed by atoms with van der Waals surface area (Å²) in [5.41, 5.74) is 0.346. The first-order chi connectivity index (χ1) is 12.1. The van der Waals surface area contributed by atoms with Crippen LogP contribution >= 0.6 is 11.3 Å². The summed E-state index contributed by atoms with van der Waals surface area (Å²) >= 11 is 0.583. The first kappa shape index (κ1) is 19.8. The van der Waals surface area contributed by atoms with Gasteiger partial charge in [0.05, 0.1) is 4.92 Å². The van der Waals surface area contributed by atoms with Crippen molar-refractivity contribution in [2.24, 2.45) is 0 Å². The van der Waals surface area contributed by atoms with E-state index in [0.29, 0.717) is 11.3 Å². The van der Waals surface area contributed by atoms with Gasteiger partial charge >= 0.3 is 4.87 Å². The van der Waals surface area contributed by atoms with Crippen LogP contribution in [-0.2, 0) is 10.0 Å². The second kappa shape index (κ2) is 7.76. The van der Waals surface area contributed by atoms with Crippen LogP contribution in [0.15, 0.2) is 27.2 Å². The average molecular weight is 400 g/mol. The number of aromatic nitrogens is 1. The zero-order valence-corrected chi connectivity index (χ0v) is 15.5. The summed E-state index contributed by atoms with van der Waals surface area (Å²) in [5, 5.41) is 13.9. The van der Waals surface area contributed by atoms with Crippen LogP contribution in [0, 0.1) is 17.0 Å². The Kier molecular flexibility index (Phi) is 5.90. The predicted molar refractivity (Wildman–Crippen MR) is 96.5 cm³/mol. The van der Waals surface area contributed by atoms with Crippen molar-refractivity contribution in [1.82, 2.24) is 9.71 Å². The highest BCUT2D eigenvalue weighted by Gasteiger charge is 2.20. The fourth-order valence-electron chi connectivity index (χ4n) is 2.15. The van der Waals surface area contributed by atoms with Crippen LogP contribution in [0.4, 0.5) is 11.4 Å². The number of nitro groups is 1. The number of hydrogen-bond acceptors (Lipinski definition) is 8. The molecule has 2 aromatic rings. The lowest BCUT2D eigenvalue weighted by Gasteiger charge is -2.09. The molecule has 0 bridgehead atoms. The van der Waals surface area contributed by atoms with Gasteiger partial charge in [0.1, 0.15) is 5.69 Å². The average Bonchev–Trinajstić information content (AvgIpc) is 2.90. The molecule has 0 atom stereocenters. The Hall–Kier alpha value is -2.57. The number of ketones is 1. The third-order valence-corrected chi connectivity index (χ3v) is 6.42. The second-order valence-corrected chi connectivity index (χ2v) is 8.24. The number of nitrogens with one attached hydrogen (secondary N) is 3. The van der Waals surface area contributed by atoms with Crippen molar-refractivity contribution in [1.29, 1.82) is 0 Å². The molecule has 0 fully saturated rings. The summed E-state index contributed by atoms with van der Waals surface area (Å²) in [7, 11) is -3.85. The number of nitrogens with zero attached hydrogens (tertiary/aromatic N) is 1. The summed E-state index contributed by atoms with van der Waals surface area (Å²) < 4.78 is 26.5. The smallest absolute Gasteiger partial charge is 0.305 e. The lowest BCUT2D eigenvalue weighted by atomic mass is 10.1. The Balaban J connectivity index is 2.04. The van der Waals surface area contributed by atoms with Crippen molar-refractivity contribution >= 4 is 38.5 Å². The number of aryl methyl sites for hydroxylation is 1. The highest BCUT2D eigenvalue weighted by Crippen LogP contribution is 2.25. The number of anilines is 1. The Morgan fingerprint density at radius 1 is 1.35 bits per heavy atom. The van der Waals surface area contributed by atoms with E-state index < -0.39 is 19.8 Å². The SMILES string of the molecule is CC(=O)c1ccc(NCCNS(=O)(=O)c2sc(=O)[nH]c2C)c([N+](=O)[O-])c1. The number of carbonyl (C=O) groups is 1. The van der Waals surface area contributed by atoms with E-state index in [-0.39, 0.29) is 45.7 Å². The second-order valence-electron chi connectivity index (χ2n) is 5.30. The number of aromatic amines is 1. The number of carbonyl (C=O) groups excluding carboxylic acids is 1. The first-order valence-electron chi connectivity index (χ1n) is 7.34. The summed E-state index contributed by atoms with van der Waals surface area (Å²) in [6.07, 6.45) is 0. The van der Waals surface area contributed by atoms with Gasteiger partial charge in [0.2, 0.25) is 0 Å². The Morgan fingerprint density at radius 2 is 2.04 bits per heavy atom. The molecule has 0 saturated carbocycles. The van der Waals surface area contributed by atoms with Crippen LogP contribution in [0.1, 0.15) is 23.0 Å². The van der Waals surface area contributed by atoms with Gasteiger partial charge in [-0.3, -0.25) is 19.7 Å². The standard InChI is InChI=1S/C14H16N4O6S2/c1-8-13(25-14(20)17-8)26(23,24)16-6-5-15-11-4-3-10(9(2)19)7-12(11)18(21)22/h3-4,7,15-16H,5-6H2,1-2H3,(H,17,20). The highest BCUT2D eigenvalue weighted by atomic mass is 32.2. The molecule has 0 spiro atoms. The molecule has 10 nitrogen and oxygen atoms in total. The number of sulfonamides is 1. The molecule has 26 heavy (non-hydrogen) atoms. The van der Waals surface area contributed by atoms with E-state index >= 15 is 0 Å². The van der Waals surface area contributed by atoms with E-state index in [1.54, 1.807) is 0 Å². The van der Waals surface area contributed by atoms with Crippen molar-refractivity contribution in [2.45, 2.75) is 18.1 Å². The molecule has 0 aliphatic rings. The molecule has 2 rings (SSSR count). The van der Waals surface area contributed by atoms with Gasteiger partial charge in [-0.1, -0.05) is 11.3 Å². The zero-order valence-electron chi connectivity index (χ0n) is 13.9. The number of nitro benzene ring substituents is 1. The Bertz CT molecular complexity index is 1010. The fraction of sp³-hybridized carbons (Fsp3) is 0.286. The van der Waals surface area contributed by atoms with Crippen molar-refractivity contribution in [3.8, 4) is 0 Å². The zero-order chi connectivity index (χ0) is 19.5. The Morgan fingerprint density at radius 3 is 2.58 bits per heavy atom. The van der Waals surface area contributed by atoms with E-state index in [1.807, 2.05) is 0 Å². The molecule has 1 aromatic heterocycles. The van der Waals surface area contributed by atoms with E-state index in [4.69, 9.17) is 0 Å². The molecule has 3 N–H and O–H groups in total. The quantitative estimate of drug-likeness (QED) is 0.261. The first-order valence-corrected chi connectivity index (χ1v) is 9.64. The third-order valence-electron chi connectivity index (χ3n) is 3.36. The van der Waals surface area contributed by atoms with Gasteiger partial charge in [-0.05, 0) is 26.0 Å². The molecule has 0 amide bonds. The van der Waals surface area contributed by atoms with Crippen molar-refractivity contribution in [3.05, 3.63) is 49.2 Å². The summed E-state index contributed by atoms with van der Waals surface area (Å²) in [5.74, 6) is -0.298. The summed E-state index contributed by atoms with van der Waals surface area (Å²) in [4.78, 5) is 35.0. The minimum Gasteiger partial charge on any atom is -0.378 e. The fourth-order valence-corrected chi connectivity index (χ4v) is 4.52. The molecule has 0 radical (unpaired) electrons. The van der Waals surface area contributed by atoms with Gasteiger partial charge in [0.15, 0.2) is 9.99 Å².